The molecule has 0 aromatic rings. The van der Waals surface area contributed by atoms with Crippen molar-refractivity contribution in [3.63, 3.8) is 0 Å². The zero-order chi connectivity index (χ0) is 58.6. The summed E-state index contributed by atoms with van der Waals surface area (Å²) in [5.41, 5.74) is 0. The molecule has 0 saturated carbocycles. The highest BCUT2D eigenvalue weighted by Gasteiger charge is 2.44. The third-order valence-corrected chi connectivity index (χ3v) is 17.5. The van der Waals surface area contributed by atoms with E-state index in [4.69, 9.17) is 9.47 Å². The molecule has 0 aliphatic carbocycles. The summed E-state index contributed by atoms with van der Waals surface area (Å²) in [5, 5.41) is 54.8. The van der Waals surface area contributed by atoms with Gasteiger partial charge in [0.15, 0.2) is 6.29 Å². The number of aliphatic hydroxyl groups is 5. The van der Waals surface area contributed by atoms with Gasteiger partial charge in [0.2, 0.25) is 5.91 Å². The maximum Gasteiger partial charge on any atom is 0.220 e. The summed E-state index contributed by atoms with van der Waals surface area (Å²) >= 11 is 0. The standard InChI is InChI=1S/C72H139NO8/c1-3-5-7-9-11-13-15-17-19-21-23-25-27-28-29-30-31-32-33-34-35-36-37-38-40-42-44-46-48-50-52-54-56-58-60-62-68(76)73-65(64-80-72-71(79)70(78)69(77)67(63-74)81-72)66(75)61-59-57-55-53-51-49-47-45-43-41-39-26-24-22-20-18-16-14-12-10-8-6-4-2/h30-31,59,61,65-67,69-72,74-75,77-79H,3-29,32-58,60,62-64H2,1-2H3,(H,73,76)/b31-30-,61-59+. The van der Waals surface area contributed by atoms with E-state index >= 15 is 0 Å². The van der Waals surface area contributed by atoms with Crippen molar-refractivity contribution in [2.24, 2.45) is 0 Å². The Morgan fingerprint density at radius 3 is 1.00 bits per heavy atom. The van der Waals surface area contributed by atoms with Crippen LogP contribution in [0.15, 0.2) is 24.3 Å². The van der Waals surface area contributed by atoms with Gasteiger partial charge < -0.3 is 40.3 Å². The third kappa shape index (κ3) is 50.5. The molecule has 0 aromatic heterocycles. The van der Waals surface area contributed by atoms with Crippen molar-refractivity contribution in [1.82, 2.24) is 5.32 Å². The van der Waals surface area contributed by atoms with E-state index in [0.717, 1.165) is 38.5 Å². The number of aliphatic hydroxyl groups excluding tert-OH is 5. The predicted octanol–water partition coefficient (Wildman–Crippen LogP) is 19.6. The predicted molar refractivity (Wildman–Crippen MR) is 346 cm³/mol. The number of rotatable bonds is 64. The highest BCUT2D eigenvalue weighted by Crippen LogP contribution is 2.24. The van der Waals surface area contributed by atoms with Crippen molar-refractivity contribution in [3.8, 4) is 0 Å². The molecule has 0 aromatic carbocycles. The molecule has 1 fully saturated rings. The first-order valence-electron chi connectivity index (χ1n) is 36.1. The van der Waals surface area contributed by atoms with Gasteiger partial charge in [-0.1, -0.05) is 346 Å². The van der Waals surface area contributed by atoms with E-state index in [2.05, 4.69) is 31.3 Å². The van der Waals surface area contributed by atoms with Crippen LogP contribution < -0.4 is 5.32 Å². The third-order valence-electron chi connectivity index (χ3n) is 17.5. The van der Waals surface area contributed by atoms with Crippen LogP contribution in [0.1, 0.15) is 373 Å². The van der Waals surface area contributed by atoms with Crippen LogP contribution in [-0.4, -0.2) is 87.5 Å². The van der Waals surface area contributed by atoms with E-state index in [9.17, 15) is 30.3 Å². The Morgan fingerprint density at radius 2 is 0.691 bits per heavy atom. The van der Waals surface area contributed by atoms with Gasteiger partial charge in [0.25, 0.3) is 0 Å². The summed E-state index contributed by atoms with van der Waals surface area (Å²) in [5.74, 6) is -0.169. The minimum absolute atomic E-state index is 0.169. The second-order valence-corrected chi connectivity index (χ2v) is 25.4. The molecule has 0 spiro atoms. The van der Waals surface area contributed by atoms with Gasteiger partial charge in [-0.2, -0.15) is 0 Å². The summed E-state index contributed by atoms with van der Waals surface area (Å²) in [7, 11) is 0. The van der Waals surface area contributed by atoms with Gasteiger partial charge in [-0.15, -0.1) is 0 Å². The van der Waals surface area contributed by atoms with Gasteiger partial charge in [-0.25, -0.2) is 0 Å². The van der Waals surface area contributed by atoms with Gasteiger partial charge in [0, 0.05) is 6.42 Å². The fourth-order valence-corrected chi connectivity index (χ4v) is 11.9. The quantitative estimate of drug-likeness (QED) is 0.0261. The molecule has 9 nitrogen and oxygen atoms in total. The molecular weight excluding hydrogens is 1010 g/mol. The molecule has 1 rings (SSSR count). The SMILES string of the molecule is CCCCCCCCCCCCCCCC/C=C\CCCCCCCCCCCCCCCCCCCC(=O)NC(COC1OC(CO)C(O)C(O)C1O)C(O)/C=C/CCCCCCCCCCCCCCCCCCCCCCC. The number of hydrogen-bond acceptors (Lipinski definition) is 8. The number of unbranched alkanes of at least 4 members (excludes halogenated alkanes) is 52. The monoisotopic (exact) mass is 1150 g/mol. The molecule has 1 aliphatic heterocycles. The average molecular weight is 1150 g/mol. The Labute approximate surface area is 502 Å². The van der Waals surface area contributed by atoms with E-state index in [1.807, 2.05) is 6.08 Å². The highest BCUT2D eigenvalue weighted by atomic mass is 16.7. The topological polar surface area (TPSA) is 149 Å². The number of hydrogen-bond donors (Lipinski definition) is 6. The van der Waals surface area contributed by atoms with E-state index in [1.165, 1.54) is 315 Å². The first-order chi connectivity index (χ1) is 39.8. The van der Waals surface area contributed by atoms with Crippen LogP contribution in [0.25, 0.3) is 0 Å². The molecule has 1 aliphatic rings. The minimum atomic E-state index is -1.57. The first-order valence-corrected chi connectivity index (χ1v) is 36.1. The molecule has 7 unspecified atom stereocenters. The lowest BCUT2D eigenvalue weighted by molar-refractivity contribution is -0.302. The lowest BCUT2D eigenvalue weighted by atomic mass is 9.99. The largest absolute Gasteiger partial charge is 0.394 e. The molecule has 480 valence electrons. The van der Waals surface area contributed by atoms with E-state index in [0.29, 0.717) is 6.42 Å². The normalized spacial score (nSPS) is 18.4. The molecule has 81 heavy (non-hydrogen) atoms. The fraction of sp³-hybridized carbons (Fsp3) is 0.931. The Bertz CT molecular complexity index is 1330. The molecular formula is C72H139NO8. The second-order valence-electron chi connectivity index (χ2n) is 25.4. The van der Waals surface area contributed by atoms with Crippen LogP contribution in [0.4, 0.5) is 0 Å². The van der Waals surface area contributed by atoms with Crippen LogP contribution in [0.2, 0.25) is 0 Å². The lowest BCUT2D eigenvalue weighted by Crippen LogP contribution is -2.60. The molecule has 7 atom stereocenters. The number of ether oxygens (including phenoxy) is 2. The van der Waals surface area contributed by atoms with Crippen molar-refractivity contribution in [2.45, 2.75) is 416 Å². The maximum atomic E-state index is 13.1. The Hall–Kier alpha value is -1.33. The lowest BCUT2D eigenvalue weighted by Gasteiger charge is -2.40. The Kier molecular flexibility index (Phi) is 59.2. The molecule has 0 radical (unpaired) electrons. The van der Waals surface area contributed by atoms with Gasteiger partial charge in [-0.05, 0) is 44.9 Å². The Morgan fingerprint density at radius 1 is 0.407 bits per heavy atom. The molecule has 1 amide bonds. The number of nitrogens with one attached hydrogen (secondary N) is 1. The number of carbonyl (C=O) groups excluding carboxylic acids is 1. The second kappa shape index (κ2) is 61.7. The van der Waals surface area contributed by atoms with E-state index in [1.54, 1.807) is 6.08 Å². The summed E-state index contributed by atoms with van der Waals surface area (Å²) in [6, 6.07) is -0.804. The van der Waals surface area contributed by atoms with Crippen LogP contribution in [-0.2, 0) is 14.3 Å². The summed E-state index contributed by atoms with van der Waals surface area (Å²) < 4.78 is 11.3. The average Bonchev–Trinajstić information content (AvgIpc) is 3.48. The fourth-order valence-electron chi connectivity index (χ4n) is 11.9. The molecule has 1 heterocycles. The van der Waals surface area contributed by atoms with Crippen LogP contribution >= 0.6 is 0 Å². The molecule has 0 bridgehead atoms. The maximum absolute atomic E-state index is 13.1. The summed E-state index contributed by atoms with van der Waals surface area (Å²) in [4.78, 5) is 13.1. The number of amides is 1. The highest BCUT2D eigenvalue weighted by molar-refractivity contribution is 5.76. The van der Waals surface area contributed by atoms with Crippen molar-refractivity contribution in [2.75, 3.05) is 13.2 Å². The number of allylic oxidation sites excluding steroid dienone is 3. The smallest absolute Gasteiger partial charge is 0.220 e. The van der Waals surface area contributed by atoms with Crippen molar-refractivity contribution < 1.29 is 39.8 Å². The van der Waals surface area contributed by atoms with Crippen LogP contribution in [0, 0.1) is 0 Å². The zero-order valence-corrected chi connectivity index (χ0v) is 53.8. The summed E-state index contributed by atoms with van der Waals surface area (Å²) in [6.07, 6.45) is 74.4. The minimum Gasteiger partial charge on any atom is -0.394 e. The van der Waals surface area contributed by atoms with E-state index in [-0.39, 0.29) is 12.5 Å². The van der Waals surface area contributed by atoms with Gasteiger partial charge in [0.1, 0.15) is 24.4 Å². The molecule has 9 heteroatoms. The Balaban J connectivity index is 2.09. The van der Waals surface area contributed by atoms with Gasteiger partial charge in [-0.3, -0.25) is 4.79 Å². The van der Waals surface area contributed by atoms with Crippen LogP contribution in [0.3, 0.4) is 0 Å². The van der Waals surface area contributed by atoms with Crippen molar-refractivity contribution >= 4 is 5.91 Å². The summed E-state index contributed by atoms with van der Waals surface area (Å²) in [6.45, 7) is 3.84. The molecule has 1 saturated heterocycles. The van der Waals surface area contributed by atoms with Gasteiger partial charge >= 0.3 is 0 Å². The zero-order valence-electron chi connectivity index (χ0n) is 53.8. The van der Waals surface area contributed by atoms with Crippen molar-refractivity contribution in [3.05, 3.63) is 24.3 Å². The van der Waals surface area contributed by atoms with Gasteiger partial charge in [0.05, 0.1) is 25.4 Å². The first kappa shape index (κ1) is 77.7. The number of carbonyl (C=O) groups is 1. The van der Waals surface area contributed by atoms with Crippen LogP contribution in [0.5, 0.6) is 0 Å². The molecule has 6 N–H and O–H groups in total. The van der Waals surface area contributed by atoms with E-state index < -0.39 is 49.5 Å². The van der Waals surface area contributed by atoms with Crippen molar-refractivity contribution in [1.29, 1.82) is 0 Å².